The lowest BCUT2D eigenvalue weighted by molar-refractivity contribution is 0.464. The molecule has 4 aromatic rings. The van der Waals surface area contributed by atoms with Gasteiger partial charge in [-0.3, -0.25) is 9.36 Å². The highest BCUT2D eigenvalue weighted by Crippen LogP contribution is 2.33. The van der Waals surface area contributed by atoms with E-state index in [-0.39, 0.29) is 5.56 Å². The Morgan fingerprint density at radius 2 is 2.19 bits per heavy atom. The largest absolute Gasteiger partial charge is 0.342 e. The number of H-pyrrole nitrogens is 1. The molecule has 5 rings (SSSR count). The van der Waals surface area contributed by atoms with Crippen LogP contribution in [0, 0.1) is 5.92 Å². The molecule has 1 atom stereocenters. The van der Waals surface area contributed by atoms with Gasteiger partial charge in [0, 0.05) is 30.4 Å². The molecule has 0 saturated heterocycles. The lowest BCUT2D eigenvalue weighted by atomic mass is 9.93. The average Bonchev–Trinajstić information content (AvgIpc) is 3.33. The van der Waals surface area contributed by atoms with Gasteiger partial charge in [-0.25, -0.2) is 9.97 Å². The minimum absolute atomic E-state index is 0.138. The van der Waals surface area contributed by atoms with Crippen molar-refractivity contribution in [3.8, 4) is 0 Å². The van der Waals surface area contributed by atoms with E-state index in [1.54, 1.807) is 22.2 Å². The van der Waals surface area contributed by atoms with Crippen LogP contribution in [-0.2, 0) is 25.8 Å². The number of aromatic amines is 1. The maximum absolute atomic E-state index is 13.1. The predicted molar refractivity (Wildman–Crippen MR) is 127 cm³/mol. The highest BCUT2D eigenvalue weighted by molar-refractivity contribution is 7.18. The van der Waals surface area contributed by atoms with Gasteiger partial charge in [-0.2, -0.15) is 0 Å². The third-order valence-electron chi connectivity index (χ3n) is 6.22. The summed E-state index contributed by atoms with van der Waals surface area (Å²) < 4.78 is 1.80. The minimum atomic E-state index is 0.138. The lowest BCUT2D eigenvalue weighted by Crippen LogP contribution is -2.35. The summed E-state index contributed by atoms with van der Waals surface area (Å²) >= 11 is 1.70. The predicted octanol–water partition coefficient (Wildman–Crippen LogP) is 4.07. The van der Waals surface area contributed by atoms with E-state index in [2.05, 4.69) is 40.2 Å². The summed E-state index contributed by atoms with van der Waals surface area (Å²) in [5.41, 5.74) is 3.50. The van der Waals surface area contributed by atoms with Crippen molar-refractivity contribution in [3.63, 3.8) is 0 Å². The molecule has 0 amide bonds. The summed E-state index contributed by atoms with van der Waals surface area (Å²) in [4.78, 5) is 28.0. The number of thiophene rings is 1. The van der Waals surface area contributed by atoms with Crippen molar-refractivity contribution < 1.29 is 0 Å². The molecule has 6 nitrogen and oxygen atoms in total. The number of aromatic nitrogens is 4. The fourth-order valence-electron chi connectivity index (χ4n) is 4.45. The van der Waals surface area contributed by atoms with Gasteiger partial charge in [0.15, 0.2) is 0 Å². The first-order valence-electron chi connectivity index (χ1n) is 11.2. The number of nitrogens with zero attached hydrogens (tertiary/aromatic N) is 3. The van der Waals surface area contributed by atoms with E-state index in [9.17, 15) is 4.79 Å². The van der Waals surface area contributed by atoms with E-state index in [4.69, 9.17) is 0 Å². The maximum atomic E-state index is 13.1. The van der Waals surface area contributed by atoms with Gasteiger partial charge in [0.1, 0.15) is 10.7 Å². The van der Waals surface area contributed by atoms with Crippen molar-refractivity contribution in [1.82, 2.24) is 24.8 Å². The van der Waals surface area contributed by atoms with E-state index in [1.807, 2.05) is 18.2 Å². The summed E-state index contributed by atoms with van der Waals surface area (Å²) in [5, 5.41) is 4.57. The van der Waals surface area contributed by atoms with Crippen LogP contribution in [-0.4, -0.2) is 32.1 Å². The Kier molecular flexibility index (Phi) is 5.63. The molecule has 1 aromatic carbocycles. The van der Waals surface area contributed by atoms with E-state index in [0.29, 0.717) is 12.0 Å². The molecule has 162 valence electrons. The summed E-state index contributed by atoms with van der Waals surface area (Å²) in [7, 11) is 0. The van der Waals surface area contributed by atoms with Crippen LogP contribution in [0.2, 0.25) is 0 Å². The van der Waals surface area contributed by atoms with Gasteiger partial charge in [0.2, 0.25) is 0 Å². The molecule has 0 fully saturated rings. The van der Waals surface area contributed by atoms with Crippen molar-refractivity contribution in [2.24, 2.45) is 5.92 Å². The quantitative estimate of drug-likeness (QED) is 0.459. The van der Waals surface area contributed by atoms with Crippen molar-refractivity contribution in [2.45, 2.75) is 58.5 Å². The smallest absolute Gasteiger partial charge is 0.262 e. The number of fused-ring (bicyclic) bond motifs is 4. The molecule has 1 aliphatic rings. The average molecular weight is 436 g/mol. The van der Waals surface area contributed by atoms with E-state index >= 15 is 0 Å². The molecule has 0 aliphatic heterocycles. The van der Waals surface area contributed by atoms with Gasteiger partial charge in [0.25, 0.3) is 5.56 Å². The Labute approximate surface area is 185 Å². The first kappa shape index (κ1) is 20.4. The van der Waals surface area contributed by atoms with Crippen LogP contribution in [0.15, 0.2) is 35.4 Å². The van der Waals surface area contributed by atoms with Crippen molar-refractivity contribution in [1.29, 1.82) is 0 Å². The van der Waals surface area contributed by atoms with Gasteiger partial charge in [-0.05, 0) is 49.3 Å². The number of imidazole rings is 1. The Bertz CT molecular complexity index is 1240. The fraction of sp³-hybridized carbons (Fsp3) is 0.458. The first-order chi connectivity index (χ1) is 15.1. The van der Waals surface area contributed by atoms with Gasteiger partial charge < -0.3 is 10.3 Å². The molecular weight excluding hydrogens is 406 g/mol. The molecule has 2 N–H and O–H groups in total. The first-order valence-corrected chi connectivity index (χ1v) is 12.1. The molecule has 3 heterocycles. The van der Waals surface area contributed by atoms with E-state index < -0.39 is 0 Å². The summed E-state index contributed by atoms with van der Waals surface area (Å²) in [6.07, 6.45) is 6.59. The standard InChI is InChI=1S/C24H29N5OS/c1-15(2)10-12-29-14-26-23-22(24(29)30)17-8-7-16(13-20(17)31-23)25-11-9-21-27-18-5-3-4-6-19(18)28-21/h3-6,14-16,25H,7-13H2,1-2H3,(H,27,28). The highest BCUT2D eigenvalue weighted by atomic mass is 32.1. The van der Waals surface area contributed by atoms with Crippen LogP contribution < -0.4 is 10.9 Å². The zero-order valence-electron chi connectivity index (χ0n) is 18.1. The Morgan fingerprint density at radius 3 is 3.03 bits per heavy atom. The monoisotopic (exact) mass is 435 g/mol. The van der Waals surface area contributed by atoms with Crippen LogP contribution in [0.3, 0.4) is 0 Å². The molecule has 3 aromatic heterocycles. The SMILES string of the molecule is CC(C)CCn1cnc2sc3c(c2c1=O)CCC(NCCc1nc2ccccc2[nH]1)C3. The van der Waals surface area contributed by atoms with Crippen molar-refractivity contribution in [3.05, 3.63) is 57.2 Å². The van der Waals surface area contributed by atoms with E-state index in [1.165, 1.54) is 10.4 Å². The maximum Gasteiger partial charge on any atom is 0.262 e. The van der Waals surface area contributed by atoms with Crippen LogP contribution in [0.4, 0.5) is 0 Å². The van der Waals surface area contributed by atoms with Crippen LogP contribution in [0.1, 0.15) is 43.0 Å². The molecular formula is C24H29N5OS. The van der Waals surface area contributed by atoms with Gasteiger partial charge in [-0.15, -0.1) is 11.3 Å². The molecule has 0 saturated carbocycles. The Balaban J connectivity index is 1.25. The molecule has 0 radical (unpaired) electrons. The number of para-hydroxylation sites is 2. The Morgan fingerprint density at radius 1 is 1.32 bits per heavy atom. The number of benzene rings is 1. The van der Waals surface area contributed by atoms with Crippen LogP contribution in [0.5, 0.6) is 0 Å². The summed E-state index contributed by atoms with van der Waals surface area (Å²) in [5.74, 6) is 1.60. The van der Waals surface area contributed by atoms with Gasteiger partial charge >= 0.3 is 0 Å². The second-order valence-corrected chi connectivity index (χ2v) is 10.0. The molecule has 31 heavy (non-hydrogen) atoms. The van der Waals surface area contributed by atoms with Crippen molar-refractivity contribution >= 4 is 32.6 Å². The van der Waals surface area contributed by atoms with Crippen LogP contribution >= 0.6 is 11.3 Å². The van der Waals surface area contributed by atoms with Crippen molar-refractivity contribution in [2.75, 3.05) is 6.54 Å². The molecule has 7 heteroatoms. The molecule has 1 aliphatic carbocycles. The Hall–Kier alpha value is -2.51. The summed E-state index contributed by atoms with van der Waals surface area (Å²) in [6, 6.07) is 8.59. The molecule has 1 unspecified atom stereocenters. The number of hydrogen-bond donors (Lipinski definition) is 2. The number of rotatable bonds is 7. The topological polar surface area (TPSA) is 75.6 Å². The number of nitrogens with one attached hydrogen (secondary N) is 2. The normalized spacial score (nSPS) is 16.4. The molecule has 0 spiro atoms. The highest BCUT2D eigenvalue weighted by Gasteiger charge is 2.25. The lowest BCUT2D eigenvalue weighted by Gasteiger charge is -2.23. The third-order valence-corrected chi connectivity index (χ3v) is 7.38. The zero-order chi connectivity index (χ0) is 21.4. The number of hydrogen-bond acceptors (Lipinski definition) is 5. The second kappa shape index (κ2) is 8.55. The zero-order valence-corrected chi connectivity index (χ0v) is 19.0. The summed E-state index contributed by atoms with van der Waals surface area (Å²) in [6.45, 7) is 6.01. The number of aryl methyl sites for hydroxylation is 2. The van der Waals surface area contributed by atoms with Gasteiger partial charge in [-0.1, -0.05) is 26.0 Å². The second-order valence-electron chi connectivity index (χ2n) is 8.95. The van der Waals surface area contributed by atoms with Gasteiger partial charge in [0.05, 0.1) is 22.7 Å². The minimum Gasteiger partial charge on any atom is -0.342 e. The van der Waals surface area contributed by atoms with Crippen LogP contribution in [0.25, 0.3) is 21.3 Å². The third kappa shape index (κ3) is 4.16. The molecule has 0 bridgehead atoms. The fourth-order valence-corrected chi connectivity index (χ4v) is 5.71. The van der Waals surface area contributed by atoms with E-state index in [0.717, 1.165) is 72.3 Å².